The van der Waals surface area contributed by atoms with Crippen molar-refractivity contribution in [3.63, 3.8) is 0 Å². The van der Waals surface area contributed by atoms with Gasteiger partial charge in [-0.3, -0.25) is 29.4 Å². The van der Waals surface area contributed by atoms with Crippen LogP contribution >= 0.6 is 34.9 Å². The fourth-order valence-electron chi connectivity index (χ4n) is 3.74. The number of carbonyl (C=O) groups excluding carboxylic acids is 3. The zero-order chi connectivity index (χ0) is 32.3. The molecule has 3 amide bonds. The Balaban J connectivity index is 1.45. The van der Waals surface area contributed by atoms with Gasteiger partial charge in [0.1, 0.15) is 36.0 Å². The molecule has 18 nitrogen and oxygen atoms in total. The maximum Gasteiger partial charge on any atom is 0.471 e. The van der Waals surface area contributed by atoms with Crippen molar-refractivity contribution >= 4 is 75.4 Å². The van der Waals surface area contributed by atoms with Gasteiger partial charge in [0.05, 0.1) is 6.54 Å². The number of halogens is 3. The second-order valence-corrected chi connectivity index (χ2v) is 11.5. The molecule has 236 valence electrons. The highest BCUT2D eigenvalue weighted by Crippen LogP contribution is 2.41. The number of alkyl halides is 3. The Labute approximate surface area is 255 Å². The Hall–Kier alpha value is -4.29. The standard InChI is InChI=1S/C20H19F3N10O8S3/c1-41-29-9(8-5-43-18(25-8)27-17(40)20(21,22)23)12(34)26-10-13(35)33-11(16(38)39)6(3-42-14(10)33)4-44-19-28-30-31-32(19)2-7(24)15(36)37/h5,7,10,14H,2-4,24H2,1H3,(H,26,34)(H,36,37)(H,38,39)(H,25,27,40)/t7?,10?,14-/m1/s1. The van der Waals surface area contributed by atoms with Gasteiger partial charge in [-0.2, -0.15) is 13.2 Å². The van der Waals surface area contributed by atoms with Crippen LogP contribution in [-0.2, 0) is 35.4 Å². The molecule has 2 aliphatic heterocycles. The summed E-state index contributed by atoms with van der Waals surface area (Å²) in [6.45, 7) is -0.239. The number of oxime groups is 1. The number of nitrogens with one attached hydrogen (secondary N) is 2. The number of nitrogens with zero attached hydrogens (tertiary/aromatic N) is 7. The van der Waals surface area contributed by atoms with E-state index in [0.29, 0.717) is 16.9 Å². The Morgan fingerprint density at radius 1 is 1.32 bits per heavy atom. The average Bonchev–Trinajstić information content (AvgIpc) is 3.61. The second-order valence-electron chi connectivity index (χ2n) is 8.61. The third kappa shape index (κ3) is 6.92. The number of rotatable bonds is 12. The fraction of sp³-hybridized carbons (Fsp3) is 0.400. The number of β-lactam (4-membered cyclic amide) rings is 1. The summed E-state index contributed by atoms with van der Waals surface area (Å²) in [6, 6.07) is -2.49. The Morgan fingerprint density at radius 3 is 2.68 bits per heavy atom. The lowest BCUT2D eigenvalue weighted by Crippen LogP contribution is -2.71. The van der Waals surface area contributed by atoms with Gasteiger partial charge in [-0.05, 0) is 16.0 Å². The highest BCUT2D eigenvalue weighted by Gasteiger charge is 2.54. The summed E-state index contributed by atoms with van der Waals surface area (Å²) in [7, 11) is 1.09. The molecule has 0 aliphatic carbocycles. The van der Waals surface area contributed by atoms with Crippen molar-refractivity contribution in [1.82, 2.24) is 35.4 Å². The number of hydrogen-bond donors (Lipinski definition) is 5. The van der Waals surface area contributed by atoms with Gasteiger partial charge in [0.25, 0.3) is 11.8 Å². The van der Waals surface area contributed by atoms with Crippen LogP contribution in [0.2, 0.25) is 0 Å². The molecular formula is C20H19F3N10O8S3. The second kappa shape index (κ2) is 13.1. The van der Waals surface area contributed by atoms with Crippen LogP contribution in [-0.4, -0.2) is 118 Å². The van der Waals surface area contributed by atoms with Crippen molar-refractivity contribution in [2.24, 2.45) is 10.9 Å². The van der Waals surface area contributed by atoms with Gasteiger partial charge in [-0.1, -0.05) is 16.9 Å². The monoisotopic (exact) mass is 680 g/mol. The number of carboxylic acids is 2. The number of tetrazole rings is 1. The lowest BCUT2D eigenvalue weighted by molar-refractivity contribution is -0.167. The number of amides is 3. The molecule has 4 rings (SSSR count). The van der Waals surface area contributed by atoms with E-state index in [4.69, 9.17) is 10.8 Å². The van der Waals surface area contributed by atoms with E-state index in [-0.39, 0.29) is 34.6 Å². The molecule has 0 spiro atoms. The van der Waals surface area contributed by atoms with Gasteiger partial charge < -0.3 is 26.1 Å². The number of aromatic nitrogens is 5. The van der Waals surface area contributed by atoms with Crippen LogP contribution in [0.1, 0.15) is 5.69 Å². The predicted molar refractivity (Wildman–Crippen MR) is 144 cm³/mol. The van der Waals surface area contributed by atoms with Crippen molar-refractivity contribution in [3.05, 3.63) is 22.3 Å². The molecule has 0 bridgehead atoms. The minimum atomic E-state index is -5.17. The SMILES string of the molecule is CON=C(C(=O)NC1C(=O)N2C(C(=O)O)=C(CSc3nnnn3CC(N)C(=O)O)CS[C@H]12)c1csc(NC(=O)C(F)(F)F)n1. The lowest BCUT2D eigenvalue weighted by Gasteiger charge is -2.49. The summed E-state index contributed by atoms with van der Waals surface area (Å²) in [6.07, 6.45) is -5.17. The topological polar surface area (TPSA) is 257 Å². The Morgan fingerprint density at radius 2 is 2.05 bits per heavy atom. The molecule has 0 aromatic carbocycles. The zero-order valence-electron chi connectivity index (χ0n) is 21.8. The van der Waals surface area contributed by atoms with E-state index < -0.39 is 64.1 Å². The minimum absolute atomic E-state index is 0.0204. The smallest absolute Gasteiger partial charge is 0.471 e. The van der Waals surface area contributed by atoms with Crippen LogP contribution in [0.4, 0.5) is 18.3 Å². The summed E-state index contributed by atoms with van der Waals surface area (Å²) in [5, 5.41) is 37.3. The summed E-state index contributed by atoms with van der Waals surface area (Å²) in [5.41, 5.74) is 4.76. The van der Waals surface area contributed by atoms with Crippen molar-refractivity contribution in [2.45, 2.75) is 35.3 Å². The van der Waals surface area contributed by atoms with Crippen LogP contribution < -0.4 is 16.4 Å². The number of carboxylic acid groups (broad SMARTS) is 2. The first-order chi connectivity index (χ1) is 20.7. The van der Waals surface area contributed by atoms with Gasteiger partial charge in [-0.25, -0.2) is 14.5 Å². The van der Waals surface area contributed by atoms with E-state index in [1.54, 1.807) is 5.32 Å². The summed E-state index contributed by atoms with van der Waals surface area (Å²) >= 11 is 2.72. The highest BCUT2D eigenvalue weighted by atomic mass is 32.2. The predicted octanol–water partition coefficient (Wildman–Crippen LogP) is -1.08. The Kier molecular flexibility index (Phi) is 9.75. The van der Waals surface area contributed by atoms with Gasteiger partial charge >= 0.3 is 24.0 Å². The van der Waals surface area contributed by atoms with Crippen LogP contribution in [0.15, 0.2) is 27.0 Å². The molecule has 2 unspecified atom stereocenters. The molecule has 4 heterocycles. The number of aliphatic carboxylic acids is 2. The van der Waals surface area contributed by atoms with Gasteiger partial charge in [-0.15, -0.1) is 28.2 Å². The lowest BCUT2D eigenvalue weighted by atomic mass is 10.0. The molecule has 1 saturated heterocycles. The number of thioether (sulfide) groups is 2. The molecule has 2 aliphatic rings. The van der Waals surface area contributed by atoms with Gasteiger partial charge in [0, 0.05) is 16.9 Å². The molecule has 0 saturated carbocycles. The molecule has 3 atom stereocenters. The fourth-order valence-corrected chi connectivity index (χ4v) is 6.80. The molecule has 24 heteroatoms. The first-order valence-corrected chi connectivity index (χ1v) is 14.7. The number of hydrogen-bond acceptors (Lipinski definition) is 15. The summed E-state index contributed by atoms with van der Waals surface area (Å²) in [5.74, 6) is -6.58. The van der Waals surface area contributed by atoms with Crippen LogP contribution in [0, 0.1) is 0 Å². The van der Waals surface area contributed by atoms with Crippen molar-refractivity contribution in [1.29, 1.82) is 0 Å². The summed E-state index contributed by atoms with van der Waals surface area (Å²) < 4.78 is 38.8. The quantitative estimate of drug-likeness (QED) is 0.0773. The van der Waals surface area contributed by atoms with Crippen molar-refractivity contribution in [3.8, 4) is 0 Å². The Bertz CT molecular complexity index is 1560. The normalized spacial score (nSPS) is 19.2. The molecule has 44 heavy (non-hydrogen) atoms. The maximum atomic E-state index is 13.0. The maximum absolute atomic E-state index is 13.0. The molecule has 2 aromatic rings. The van der Waals surface area contributed by atoms with E-state index >= 15 is 0 Å². The number of nitrogens with two attached hydrogens (primary N) is 1. The molecule has 2 aromatic heterocycles. The average molecular weight is 681 g/mol. The molecular weight excluding hydrogens is 661 g/mol. The van der Waals surface area contributed by atoms with E-state index in [0.717, 1.165) is 45.6 Å². The van der Waals surface area contributed by atoms with E-state index in [2.05, 4.69) is 35.8 Å². The number of thiazole rings is 1. The van der Waals surface area contributed by atoms with E-state index in [1.165, 1.54) is 0 Å². The third-order valence-corrected chi connectivity index (χ3v) is 8.86. The minimum Gasteiger partial charge on any atom is -0.480 e. The molecule has 6 N–H and O–H groups in total. The number of anilines is 1. The first kappa shape index (κ1) is 32.6. The van der Waals surface area contributed by atoms with E-state index in [9.17, 15) is 42.3 Å². The largest absolute Gasteiger partial charge is 0.480 e. The first-order valence-electron chi connectivity index (χ1n) is 11.8. The summed E-state index contributed by atoms with van der Waals surface area (Å²) in [4.78, 5) is 69.8. The zero-order valence-corrected chi connectivity index (χ0v) is 24.3. The van der Waals surface area contributed by atoms with Crippen LogP contribution in [0.3, 0.4) is 0 Å². The number of carbonyl (C=O) groups is 5. The number of fused-ring (bicyclic) bond motifs is 1. The van der Waals surface area contributed by atoms with Crippen LogP contribution in [0.25, 0.3) is 0 Å². The van der Waals surface area contributed by atoms with Crippen molar-refractivity contribution in [2.75, 3.05) is 23.9 Å². The highest BCUT2D eigenvalue weighted by molar-refractivity contribution is 8.01. The van der Waals surface area contributed by atoms with Gasteiger partial charge in [0.15, 0.2) is 10.8 Å². The third-order valence-electron chi connectivity index (χ3n) is 5.72. The van der Waals surface area contributed by atoms with E-state index in [1.807, 2.05) is 0 Å². The molecule has 1 fully saturated rings. The van der Waals surface area contributed by atoms with Crippen LogP contribution in [0.5, 0.6) is 0 Å². The van der Waals surface area contributed by atoms with Crippen molar-refractivity contribution < 1.29 is 52.2 Å². The molecule has 0 radical (unpaired) electrons. The van der Waals surface area contributed by atoms with Gasteiger partial charge in [0.2, 0.25) is 5.16 Å².